The molecule has 2 aromatic rings. The van der Waals surface area contributed by atoms with Crippen molar-refractivity contribution in [3.05, 3.63) is 43.0 Å². The first kappa shape index (κ1) is 13.4. The van der Waals surface area contributed by atoms with Crippen LogP contribution in [0.5, 0.6) is 11.5 Å². The molecule has 100 valence electrons. The van der Waals surface area contributed by atoms with Crippen molar-refractivity contribution >= 4 is 43.2 Å². The molecule has 19 heavy (non-hydrogen) atoms. The molecule has 0 bridgehead atoms. The van der Waals surface area contributed by atoms with Crippen LogP contribution in [0.3, 0.4) is 0 Å². The Bertz CT molecular complexity index is 592. The third kappa shape index (κ3) is 2.67. The zero-order valence-electron chi connectivity index (χ0n) is 9.73. The summed E-state index contributed by atoms with van der Waals surface area (Å²) in [6, 6.07) is 7.45. The molecule has 1 aromatic heterocycles. The lowest BCUT2D eigenvalue weighted by molar-refractivity contribution is 0.170. The van der Waals surface area contributed by atoms with Crippen molar-refractivity contribution in [2.45, 2.75) is 6.10 Å². The van der Waals surface area contributed by atoms with Crippen molar-refractivity contribution in [3.8, 4) is 11.5 Å². The number of rotatable bonds is 2. The van der Waals surface area contributed by atoms with E-state index in [2.05, 4.69) is 31.9 Å². The van der Waals surface area contributed by atoms with Crippen molar-refractivity contribution < 1.29 is 14.6 Å². The zero-order valence-corrected chi connectivity index (χ0v) is 13.7. The van der Waals surface area contributed by atoms with Crippen LogP contribution in [0.25, 0.3) is 0 Å². The summed E-state index contributed by atoms with van der Waals surface area (Å²) in [6.45, 7) is 1.11. The van der Waals surface area contributed by atoms with Crippen molar-refractivity contribution in [3.63, 3.8) is 0 Å². The van der Waals surface area contributed by atoms with Gasteiger partial charge in [0.25, 0.3) is 0 Å². The number of hydrogen-bond donors (Lipinski definition) is 1. The Kier molecular flexibility index (Phi) is 3.84. The molecule has 2 heterocycles. The molecule has 1 aliphatic heterocycles. The topological polar surface area (TPSA) is 38.7 Å². The smallest absolute Gasteiger partial charge is 0.161 e. The van der Waals surface area contributed by atoms with Crippen LogP contribution in [0, 0.1) is 0 Å². The molecule has 3 rings (SSSR count). The summed E-state index contributed by atoms with van der Waals surface area (Å²) in [7, 11) is 0. The maximum Gasteiger partial charge on any atom is 0.161 e. The number of thiophene rings is 1. The lowest BCUT2D eigenvalue weighted by atomic mass is 10.1. The monoisotopic (exact) mass is 404 g/mol. The Hall–Kier alpha value is -0.560. The van der Waals surface area contributed by atoms with Crippen LogP contribution in [0.2, 0.25) is 0 Å². The zero-order chi connectivity index (χ0) is 13.4. The summed E-state index contributed by atoms with van der Waals surface area (Å²) >= 11 is 8.36. The fraction of sp³-hybridized carbons (Fsp3) is 0.231. The Balaban J connectivity index is 1.93. The first-order chi connectivity index (χ1) is 9.15. The SMILES string of the molecule is OC(c1ccc2c(c1)OCCO2)c1cc(Br)c(Br)s1. The van der Waals surface area contributed by atoms with Crippen LogP contribution in [-0.4, -0.2) is 18.3 Å². The first-order valence-corrected chi connectivity index (χ1v) is 8.08. The molecule has 0 radical (unpaired) electrons. The minimum absolute atomic E-state index is 0.544. The fourth-order valence-corrected chi connectivity index (χ4v) is 4.00. The highest BCUT2D eigenvalue weighted by Gasteiger charge is 2.18. The van der Waals surface area contributed by atoms with Gasteiger partial charge < -0.3 is 14.6 Å². The molecule has 1 N–H and O–H groups in total. The number of benzene rings is 1. The molecule has 0 fully saturated rings. The van der Waals surface area contributed by atoms with E-state index in [-0.39, 0.29) is 0 Å². The van der Waals surface area contributed by atoms with Gasteiger partial charge in [0.1, 0.15) is 19.3 Å². The van der Waals surface area contributed by atoms with Gasteiger partial charge >= 0.3 is 0 Å². The lowest BCUT2D eigenvalue weighted by Crippen LogP contribution is -2.15. The summed E-state index contributed by atoms with van der Waals surface area (Å²) in [6.07, 6.45) is -0.663. The van der Waals surface area contributed by atoms with E-state index in [9.17, 15) is 5.11 Å². The van der Waals surface area contributed by atoms with E-state index in [1.54, 1.807) is 0 Å². The van der Waals surface area contributed by atoms with Crippen LogP contribution in [0.4, 0.5) is 0 Å². The Labute approximate surface area is 131 Å². The Morgan fingerprint density at radius 1 is 1.11 bits per heavy atom. The second-order valence-electron chi connectivity index (χ2n) is 4.08. The average Bonchev–Trinajstić information content (AvgIpc) is 2.77. The third-order valence-corrected chi connectivity index (χ3v) is 6.12. The number of halogens is 2. The maximum absolute atomic E-state index is 10.4. The predicted molar refractivity (Wildman–Crippen MR) is 81.2 cm³/mol. The molecule has 0 aliphatic carbocycles. The summed E-state index contributed by atoms with van der Waals surface area (Å²) in [5.41, 5.74) is 0.797. The summed E-state index contributed by atoms with van der Waals surface area (Å²) < 4.78 is 12.9. The van der Waals surface area contributed by atoms with Crippen LogP contribution in [-0.2, 0) is 0 Å². The number of aliphatic hydroxyl groups excluding tert-OH is 1. The maximum atomic E-state index is 10.4. The molecule has 1 aliphatic rings. The number of aliphatic hydroxyl groups is 1. The standard InChI is InChI=1S/C13H10Br2O3S/c14-8-6-11(19-13(8)15)12(16)7-1-2-9-10(5-7)18-4-3-17-9/h1-2,5-6,12,16H,3-4H2. The van der Waals surface area contributed by atoms with Crippen molar-refractivity contribution in [1.82, 2.24) is 0 Å². The molecule has 1 aromatic carbocycles. The first-order valence-electron chi connectivity index (χ1n) is 5.67. The van der Waals surface area contributed by atoms with E-state index in [4.69, 9.17) is 9.47 Å². The van der Waals surface area contributed by atoms with Crippen LogP contribution in [0.1, 0.15) is 16.5 Å². The highest BCUT2D eigenvalue weighted by molar-refractivity contribution is 9.13. The Morgan fingerprint density at radius 3 is 2.53 bits per heavy atom. The van der Waals surface area contributed by atoms with E-state index in [1.807, 2.05) is 24.3 Å². The van der Waals surface area contributed by atoms with E-state index < -0.39 is 6.10 Å². The largest absolute Gasteiger partial charge is 0.486 e. The molecule has 0 saturated carbocycles. The van der Waals surface area contributed by atoms with Gasteiger partial charge in [-0.1, -0.05) is 6.07 Å². The minimum atomic E-state index is -0.663. The van der Waals surface area contributed by atoms with Crippen LogP contribution < -0.4 is 9.47 Å². The van der Waals surface area contributed by atoms with Crippen molar-refractivity contribution in [2.24, 2.45) is 0 Å². The molecule has 1 atom stereocenters. The van der Waals surface area contributed by atoms with Crippen molar-refractivity contribution in [2.75, 3.05) is 13.2 Å². The second-order valence-corrected chi connectivity index (χ2v) is 7.33. The van der Waals surface area contributed by atoms with Gasteiger partial charge in [-0.25, -0.2) is 0 Å². The fourth-order valence-electron chi connectivity index (χ4n) is 1.89. The molecule has 1 unspecified atom stereocenters. The van der Waals surface area contributed by atoms with Gasteiger partial charge in [0.05, 0.1) is 3.79 Å². The summed E-state index contributed by atoms with van der Waals surface area (Å²) in [5, 5.41) is 10.4. The van der Waals surface area contributed by atoms with Gasteiger partial charge in [0, 0.05) is 9.35 Å². The normalized spacial score (nSPS) is 15.3. The van der Waals surface area contributed by atoms with Gasteiger partial charge in [-0.05, 0) is 55.6 Å². The quantitative estimate of drug-likeness (QED) is 0.816. The molecule has 0 spiro atoms. The molecule has 0 saturated heterocycles. The van der Waals surface area contributed by atoms with Crippen LogP contribution in [0.15, 0.2) is 32.5 Å². The molecular formula is C13H10Br2O3S. The van der Waals surface area contributed by atoms with Crippen LogP contribution >= 0.6 is 43.2 Å². The summed E-state index contributed by atoms with van der Waals surface area (Å²) in [5.74, 6) is 1.42. The minimum Gasteiger partial charge on any atom is -0.486 e. The highest BCUT2D eigenvalue weighted by atomic mass is 79.9. The number of hydrogen-bond acceptors (Lipinski definition) is 4. The predicted octanol–water partition coefficient (Wildman–Crippen LogP) is 4.13. The van der Waals surface area contributed by atoms with Gasteiger partial charge in [0.2, 0.25) is 0 Å². The number of ether oxygens (including phenoxy) is 2. The van der Waals surface area contributed by atoms with E-state index in [1.165, 1.54) is 11.3 Å². The average molecular weight is 406 g/mol. The number of fused-ring (bicyclic) bond motifs is 1. The van der Waals surface area contributed by atoms with Gasteiger partial charge in [-0.15, -0.1) is 11.3 Å². The third-order valence-electron chi connectivity index (χ3n) is 2.82. The van der Waals surface area contributed by atoms with Crippen molar-refractivity contribution in [1.29, 1.82) is 0 Å². The lowest BCUT2D eigenvalue weighted by Gasteiger charge is -2.20. The highest BCUT2D eigenvalue weighted by Crippen LogP contribution is 2.39. The van der Waals surface area contributed by atoms with Gasteiger partial charge in [-0.3, -0.25) is 0 Å². The summed E-state index contributed by atoms with van der Waals surface area (Å²) in [4.78, 5) is 0.871. The molecular weight excluding hydrogens is 396 g/mol. The van der Waals surface area contributed by atoms with E-state index >= 15 is 0 Å². The second kappa shape index (κ2) is 5.44. The van der Waals surface area contributed by atoms with E-state index in [0.717, 1.165) is 24.4 Å². The molecule has 3 nitrogen and oxygen atoms in total. The van der Waals surface area contributed by atoms with Gasteiger partial charge in [-0.2, -0.15) is 0 Å². The molecule has 0 amide bonds. The van der Waals surface area contributed by atoms with Gasteiger partial charge in [0.15, 0.2) is 11.5 Å². The molecule has 6 heteroatoms. The van der Waals surface area contributed by atoms with E-state index in [0.29, 0.717) is 19.0 Å². The Morgan fingerprint density at radius 2 is 1.84 bits per heavy atom.